The summed E-state index contributed by atoms with van der Waals surface area (Å²) < 4.78 is 4.01. The highest BCUT2D eigenvalue weighted by Crippen LogP contribution is 2.21. The molecule has 38 heavy (non-hydrogen) atoms. The predicted molar refractivity (Wildman–Crippen MR) is 159 cm³/mol. The molecule has 0 aromatic carbocycles. The predicted octanol–water partition coefficient (Wildman–Crippen LogP) is 5.90. The van der Waals surface area contributed by atoms with Crippen molar-refractivity contribution < 1.29 is 5.11 Å². The molecular weight excluding hydrogens is 488 g/mol. The highest BCUT2D eigenvalue weighted by Gasteiger charge is 2.19. The van der Waals surface area contributed by atoms with E-state index in [9.17, 15) is 5.11 Å². The van der Waals surface area contributed by atoms with Gasteiger partial charge in [0.1, 0.15) is 8.07 Å². The van der Waals surface area contributed by atoms with Crippen LogP contribution in [0.3, 0.4) is 0 Å². The molecule has 7 nitrogen and oxygen atoms in total. The number of hydrogen-bond donors (Lipinski definition) is 1. The van der Waals surface area contributed by atoms with Crippen LogP contribution in [0.5, 0.6) is 0 Å². The van der Waals surface area contributed by atoms with Gasteiger partial charge in [0.15, 0.2) is 0 Å². The van der Waals surface area contributed by atoms with Gasteiger partial charge in [-0.1, -0.05) is 71.6 Å². The summed E-state index contributed by atoms with van der Waals surface area (Å²) in [7, 11) is -1.35. The van der Waals surface area contributed by atoms with Crippen LogP contribution in [0, 0.1) is 47.0 Å². The molecule has 2 rings (SSSR count). The first kappa shape index (κ1) is 32.2. The molecule has 0 aliphatic carbocycles. The van der Waals surface area contributed by atoms with Crippen LogP contribution in [0.1, 0.15) is 78.6 Å². The summed E-state index contributed by atoms with van der Waals surface area (Å²) in [5.74, 6) is 6.41. The molecule has 3 atom stereocenters. The van der Waals surface area contributed by atoms with E-state index in [1.54, 1.807) is 0 Å². The Morgan fingerprint density at radius 2 is 1.18 bits per heavy atom. The van der Waals surface area contributed by atoms with Crippen molar-refractivity contribution in [2.24, 2.45) is 35.5 Å². The molecule has 214 valence electrons. The highest BCUT2D eigenvalue weighted by atomic mass is 28.3. The summed E-state index contributed by atoms with van der Waals surface area (Å²) >= 11 is 0. The Bertz CT molecular complexity index is 994. The van der Waals surface area contributed by atoms with Crippen LogP contribution in [-0.4, -0.2) is 49.8 Å². The lowest BCUT2D eigenvalue weighted by atomic mass is 9.92. The third-order valence-corrected chi connectivity index (χ3v) is 7.51. The van der Waals surface area contributed by atoms with Crippen LogP contribution in [0.25, 0.3) is 0 Å². The van der Waals surface area contributed by atoms with E-state index in [1.165, 1.54) is 0 Å². The van der Waals surface area contributed by atoms with E-state index in [2.05, 4.69) is 106 Å². The van der Waals surface area contributed by atoms with Gasteiger partial charge < -0.3 is 5.11 Å². The molecule has 2 aromatic heterocycles. The molecule has 2 aromatic rings. The fourth-order valence-corrected chi connectivity index (χ4v) is 5.92. The number of rotatable bonds is 16. The summed E-state index contributed by atoms with van der Waals surface area (Å²) in [4.78, 5) is 0. The second kappa shape index (κ2) is 15.6. The smallest absolute Gasteiger partial charge is 0.129 e. The summed E-state index contributed by atoms with van der Waals surface area (Å²) in [6.45, 7) is 22.3. The van der Waals surface area contributed by atoms with E-state index in [4.69, 9.17) is 0 Å². The van der Waals surface area contributed by atoms with Gasteiger partial charge >= 0.3 is 0 Å². The lowest BCUT2D eigenvalue weighted by Crippen LogP contribution is -2.17. The molecule has 8 heteroatoms. The zero-order valence-corrected chi connectivity index (χ0v) is 26.6. The number of aliphatic hydroxyl groups excluding tert-OH is 1. The molecule has 0 fully saturated rings. The second-order valence-corrected chi connectivity index (χ2v) is 18.4. The van der Waals surface area contributed by atoms with Gasteiger partial charge in [-0.3, -0.25) is 9.36 Å². The van der Waals surface area contributed by atoms with E-state index < -0.39 is 8.07 Å². The maximum atomic E-state index is 9.75. The lowest BCUT2D eigenvalue weighted by Gasteiger charge is -2.18. The number of nitrogens with zero attached hydrogens (tertiary/aromatic N) is 6. The highest BCUT2D eigenvalue weighted by molar-refractivity contribution is 6.83. The van der Waals surface area contributed by atoms with Crippen LogP contribution in [-0.2, 0) is 25.9 Å². The normalized spacial score (nSPS) is 14.7. The summed E-state index contributed by atoms with van der Waals surface area (Å²) in [6, 6.07) is 0. The quantitative estimate of drug-likeness (QED) is 0.211. The number of aromatic nitrogens is 6. The summed E-state index contributed by atoms with van der Waals surface area (Å²) in [5.41, 5.74) is 5.54. The van der Waals surface area contributed by atoms with E-state index in [0.717, 1.165) is 63.0 Å². The average molecular weight is 543 g/mol. The molecule has 0 unspecified atom stereocenters. The van der Waals surface area contributed by atoms with Gasteiger partial charge in [0.2, 0.25) is 0 Å². The van der Waals surface area contributed by atoms with E-state index in [-0.39, 0.29) is 12.5 Å². The molecule has 0 aliphatic heterocycles. The first-order chi connectivity index (χ1) is 17.8. The molecule has 0 aliphatic rings. The van der Waals surface area contributed by atoms with E-state index >= 15 is 0 Å². The Balaban J connectivity index is 2.03. The van der Waals surface area contributed by atoms with Gasteiger partial charge in [-0.25, -0.2) is 0 Å². The lowest BCUT2D eigenvalue weighted by molar-refractivity contribution is 0.204. The van der Waals surface area contributed by atoms with Crippen molar-refractivity contribution in [3.8, 4) is 11.5 Å². The zero-order chi connectivity index (χ0) is 28.3. The molecule has 1 N–H and O–H groups in total. The van der Waals surface area contributed by atoms with Crippen molar-refractivity contribution in [2.75, 3.05) is 6.61 Å². The third kappa shape index (κ3) is 13.2. The van der Waals surface area contributed by atoms with E-state index in [1.807, 2.05) is 9.36 Å². The van der Waals surface area contributed by atoms with Crippen LogP contribution in [0.2, 0.25) is 19.6 Å². The van der Waals surface area contributed by atoms with Crippen LogP contribution in [0.15, 0.2) is 12.4 Å². The van der Waals surface area contributed by atoms with Crippen LogP contribution >= 0.6 is 0 Å². The molecule has 0 spiro atoms. The largest absolute Gasteiger partial charge is 0.396 e. The van der Waals surface area contributed by atoms with Crippen molar-refractivity contribution in [3.63, 3.8) is 0 Å². The molecular formula is C30H54N6OSi. The van der Waals surface area contributed by atoms with Crippen LogP contribution in [0.4, 0.5) is 0 Å². The zero-order valence-electron chi connectivity index (χ0n) is 25.6. The van der Waals surface area contributed by atoms with Gasteiger partial charge in [-0.15, -0.1) is 21.7 Å². The fraction of sp³-hybridized carbons (Fsp3) is 0.800. The Morgan fingerprint density at radius 1 is 0.737 bits per heavy atom. The van der Waals surface area contributed by atoms with Gasteiger partial charge in [-0.05, 0) is 67.6 Å². The first-order valence-electron chi connectivity index (χ1n) is 14.7. The molecule has 0 saturated heterocycles. The average Bonchev–Trinajstić information content (AvgIpc) is 3.40. The van der Waals surface area contributed by atoms with Gasteiger partial charge in [0, 0.05) is 38.5 Å². The van der Waals surface area contributed by atoms with Crippen molar-refractivity contribution in [1.82, 2.24) is 30.0 Å². The van der Waals surface area contributed by atoms with Crippen molar-refractivity contribution >= 4 is 8.07 Å². The molecule has 0 saturated carbocycles. The minimum atomic E-state index is -1.35. The first-order valence-corrected chi connectivity index (χ1v) is 18.2. The number of hydrogen-bond acceptors (Lipinski definition) is 5. The fourth-order valence-electron chi connectivity index (χ4n) is 5.29. The molecule has 0 radical (unpaired) electrons. The maximum absolute atomic E-state index is 9.75. The molecule has 2 heterocycles. The summed E-state index contributed by atoms with van der Waals surface area (Å²) in [6.07, 6.45) is 10.0. The standard InChI is InChI=1S/C30H54N6OSi/c1-23(2)13-26(11-10-12-38(7,8)9)18-35-20-29(31-33-35)16-27(14-24(3)4)19-36-21-30(32-34-36)17-28(22-37)15-25(5)6/h20-21,23-28,37H,11,13-19,22H2,1-9H3/t26-,27+,28+/m1/s1. The van der Waals surface area contributed by atoms with Gasteiger partial charge in [0.05, 0.1) is 11.4 Å². The Morgan fingerprint density at radius 3 is 1.66 bits per heavy atom. The Hall–Kier alpha value is -1.98. The van der Waals surface area contributed by atoms with Crippen molar-refractivity contribution in [1.29, 1.82) is 0 Å². The third-order valence-electron chi connectivity index (χ3n) is 6.58. The van der Waals surface area contributed by atoms with Gasteiger partial charge in [-0.2, -0.15) is 0 Å². The van der Waals surface area contributed by atoms with Crippen LogP contribution < -0.4 is 0 Å². The molecule has 0 amide bonds. The van der Waals surface area contributed by atoms with Crippen molar-refractivity contribution in [3.05, 3.63) is 23.8 Å². The Kier molecular flexibility index (Phi) is 13.2. The second-order valence-electron chi connectivity index (χ2n) is 13.7. The monoisotopic (exact) mass is 542 g/mol. The molecule has 0 bridgehead atoms. The number of aliphatic hydroxyl groups is 1. The topological polar surface area (TPSA) is 81.7 Å². The summed E-state index contributed by atoms with van der Waals surface area (Å²) in [5, 5.41) is 27.6. The van der Waals surface area contributed by atoms with Crippen molar-refractivity contribution in [2.45, 2.75) is 113 Å². The SMILES string of the molecule is CC(C)C[C@H](CO)Cc1cn(C[C@H](Cc2cn(C[C@H](CC#C[Si](C)(C)C)CC(C)C)nn2)CC(C)C)nn1. The maximum Gasteiger partial charge on any atom is 0.129 e. The Labute approximate surface area is 233 Å². The van der Waals surface area contributed by atoms with E-state index in [0.29, 0.717) is 29.6 Å². The minimum absolute atomic E-state index is 0.194. The minimum Gasteiger partial charge on any atom is -0.396 e. The van der Waals surface area contributed by atoms with Gasteiger partial charge in [0.25, 0.3) is 0 Å².